The van der Waals surface area contributed by atoms with Gasteiger partial charge in [0.05, 0.1) is 4.70 Å². The van der Waals surface area contributed by atoms with E-state index in [0.29, 0.717) is 5.52 Å². The molecular formula is C7H4KN2O2S+. The number of fused-ring (bicyclic) bond motifs is 1. The monoisotopic (exact) mass is 219 g/mol. The number of para-hydroxylation sites is 1. The molecule has 60 valence electrons. The number of rotatable bonds is 1. The van der Waals surface area contributed by atoms with Crippen molar-refractivity contribution in [2.24, 2.45) is 0 Å². The molecule has 0 radical (unpaired) electrons. The summed E-state index contributed by atoms with van der Waals surface area (Å²) in [7, 11) is 0. The van der Waals surface area contributed by atoms with Crippen LogP contribution in [0, 0.1) is 10.1 Å². The van der Waals surface area contributed by atoms with Crippen molar-refractivity contribution in [2.75, 3.05) is 0 Å². The molecule has 0 bridgehead atoms. The van der Waals surface area contributed by atoms with Crippen LogP contribution in [0.4, 0.5) is 5.13 Å². The number of aromatic nitrogens is 1. The maximum Gasteiger partial charge on any atom is 1.00 e. The third-order valence-corrected chi connectivity index (χ3v) is 2.43. The van der Waals surface area contributed by atoms with Gasteiger partial charge in [0, 0.05) is 0 Å². The topological polar surface area (TPSA) is 56.0 Å². The Labute approximate surface area is 121 Å². The van der Waals surface area contributed by atoms with Crippen LogP contribution in [0.15, 0.2) is 24.3 Å². The average molecular weight is 219 g/mol. The summed E-state index contributed by atoms with van der Waals surface area (Å²) in [5.74, 6) is 0. The van der Waals surface area contributed by atoms with E-state index in [1.807, 2.05) is 18.2 Å². The molecule has 6 heteroatoms. The van der Waals surface area contributed by atoms with Crippen LogP contribution in [0.5, 0.6) is 0 Å². The molecule has 0 amide bonds. The first-order valence-electron chi connectivity index (χ1n) is 3.27. The second-order valence-electron chi connectivity index (χ2n) is 2.22. The summed E-state index contributed by atoms with van der Waals surface area (Å²) in [5, 5.41) is 10.3. The quantitative estimate of drug-likeness (QED) is 0.359. The zero-order valence-corrected chi connectivity index (χ0v) is 10.9. The average Bonchev–Trinajstić information content (AvgIpc) is 2.46. The number of benzene rings is 1. The minimum absolute atomic E-state index is 0. The van der Waals surface area contributed by atoms with E-state index in [1.165, 1.54) is 0 Å². The Hall–Kier alpha value is 0.146. The van der Waals surface area contributed by atoms with Crippen LogP contribution in [0.1, 0.15) is 0 Å². The molecule has 0 aliphatic rings. The normalized spacial score (nSPS) is 9.54. The number of hydrogen-bond acceptors (Lipinski definition) is 4. The molecule has 1 heterocycles. The zero-order valence-electron chi connectivity index (χ0n) is 6.93. The predicted octanol–water partition coefficient (Wildman–Crippen LogP) is -0.792. The van der Waals surface area contributed by atoms with Crippen molar-refractivity contribution in [3.8, 4) is 0 Å². The summed E-state index contributed by atoms with van der Waals surface area (Å²) < 4.78 is 0.851. The van der Waals surface area contributed by atoms with Crippen LogP contribution in [0.3, 0.4) is 0 Å². The van der Waals surface area contributed by atoms with E-state index < -0.39 is 4.92 Å². The molecule has 0 fully saturated rings. The third-order valence-electron chi connectivity index (χ3n) is 1.44. The smallest absolute Gasteiger partial charge is 0.357 e. The molecule has 4 nitrogen and oxygen atoms in total. The Kier molecular flexibility index (Phi) is 3.96. The Morgan fingerprint density at radius 1 is 1.38 bits per heavy atom. The first-order valence-corrected chi connectivity index (χ1v) is 4.09. The van der Waals surface area contributed by atoms with Gasteiger partial charge in [0.2, 0.25) is 0 Å². The molecule has 0 atom stereocenters. The van der Waals surface area contributed by atoms with E-state index in [-0.39, 0.29) is 56.5 Å². The van der Waals surface area contributed by atoms with Gasteiger partial charge >= 0.3 is 56.5 Å². The van der Waals surface area contributed by atoms with Crippen LogP contribution >= 0.6 is 11.3 Å². The van der Waals surface area contributed by atoms with Gasteiger partial charge in [-0.15, -0.1) is 0 Å². The van der Waals surface area contributed by atoms with Crippen molar-refractivity contribution in [3.05, 3.63) is 34.4 Å². The largest absolute Gasteiger partial charge is 1.00 e. The number of nitrogens with zero attached hydrogens (tertiary/aromatic N) is 2. The standard InChI is InChI=1S/C7H4N2O2S.K/c10-9(11)7-8-5-3-1-2-4-6(5)12-7;/h1-4H;/q;+1. The van der Waals surface area contributed by atoms with Crippen molar-refractivity contribution in [1.82, 2.24) is 4.98 Å². The van der Waals surface area contributed by atoms with E-state index in [0.717, 1.165) is 16.0 Å². The molecule has 2 aromatic rings. The van der Waals surface area contributed by atoms with Gasteiger partial charge in [-0.05, 0) is 33.4 Å². The van der Waals surface area contributed by atoms with Gasteiger partial charge in [-0.3, -0.25) is 0 Å². The Balaban J connectivity index is 0.000000845. The van der Waals surface area contributed by atoms with Gasteiger partial charge in [-0.2, -0.15) is 0 Å². The fraction of sp³-hybridized carbons (Fsp3) is 0. The minimum Gasteiger partial charge on any atom is -0.357 e. The molecule has 0 N–H and O–H groups in total. The van der Waals surface area contributed by atoms with Crippen molar-refractivity contribution < 1.29 is 56.3 Å². The maximum atomic E-state index is 10.3. The van der Waals surface area contributed by atoms with Crippen LogP contribution in [0.2, 0.25) is 0 Å². The summed E-state index contributed by atoms with van der Waals surface area (Å²) in [4.78, 5) is 13.7. The van der Waals surface area contributed by atoms with Crippen LogP contribution in [-0.2, 0) is 0 Å². The Morgan fingerprint density at radius 2 is 2.08 bits per heavy atom. The summed E-state index contributed by atoms with van der Waals surface area (Å²) in [6, 6.07) is 7.23. The number of nitro groups is 1. The molecule has 1 aromatic heterocycles. The molecule has 0 saturated carbocycles. The maximum absolute atomic E-state index is 10.3. The van der Waals surface area contributed by atoms with Gasteiger partial charge in [0.1, 0.15) is 0 Å². The molecule has 0 aliphatic carbocycles. The minimum atomic E-state index is -0.468. The first kappa shape index (κ1) is 11.2. The van der Waals surface area contributed by atoms with Gasteiger partial charge in [0.15, 0.2) is 5.52 Å². The van der Waals surface area contributed by atoms with Crippen LogP contribution in [0.25, 0.3) is 10.2 Å². The van der Waals surface area contributed by atoms with E-state index in [4.69, 9.17) is 0 Å². The molecule has 0 aliphatic heterocycles. The van der Waals surface area contributed by atoms with Crippen molar-refractivity contribution in [2.45, 2.75) is 0 Å². The Bertz CT molecular complexity index is 410. The SMILES string of the molecule is O=[N+]([O-])c1nc2ccccc2s1.[K+]. The summed E-state index contributed by atoms with van der Waals surface area (Å²) in [5.41, 5.74) is 0.689. The predicted molar refractivity (Wildman–Crippen MR) is 46.3 cm³/mol. The first-order chi connectivity index (χ1) is 5.77. The second-order valence-corrected chi connectivity index (χ2v) is 3.23. The summed E-state index contributed by atoms with van der Waals surface area (Å²) in [6.07, 6.45) is 0. The van der Waals surface area contributed by atoms with Gasteiger partial charge in [-0.1, -0.05) is 12.1 Å². The zero-order chi connectivity index (χ0) is 8.55. The van der Waals surface area contributed by atoms with Gasteiger partial charge in [-0.25, -0.2) is 0 Å². The molecular weight excluding hydrogens is 215 g/mol. The molecule has 13 heavy (non-hydrogen) atoms. The van der Waals surface area contributed by atoms with E-state index in [9.17, 15) is 10.1 Å². The molecule has 1 aromatic carbocycles. The van der Waals surface area contributed by atoms with E-state index in [2.05, 4.69) is 4.98 Å². The number of hydrogen-bond donors (Lipinski definition) is 0. The second kappa shape index (κ2) is 4.58. The molecule has 0 saturated heterocycles. The fourth-order valence-corrected chi connectivity index (χ4v) is 1.72. The van der Waals surface area contributed by atoms with Gasteiger partial charge in [0.25, 0.3) is 0 Å². The number of thiazole rings is 1. The molecule has 0 unspecified atom stereocenters. The van der Waals surface area contributed by atoms with Crippen LogP contribution in [-0.4, -0.2) is 9.91 Å². The van der Waals surface area contributed by atoms with Gasteiger partial charge < -0.3 is 10.1 Å². The summed E-state index contributed by atoms with van der Waals surface area (Å²) >= 11 is 1.10. The van der Waals surface area contributed by atoms with E-state index >= 15 is 0 Å². The van der Waals surface area contributed by atoms with Crippen molar-refractivity contribution >= 4 is 26.7 Å². The summed E-state index contributed by atoms with van der Waals surface area (Å²) in [6.45, 7) is 0. The Morgan fingerprint density at radius 3 is 2.69 bits per heavy atom. The van der Waals surface area contributed by atoms with Crippen molar-refractivity contribution in [1.29, 1.82) is 0 Å². The molecule has 0 spiro atoms. The third kappa shape index (κ3) is 2.33. The fourth-order valence-electron chi connectivity index (χ4n) is 0.938. The van der Waals surface area contributed by atoms with Crippen LogP contribution < -0.4 is 51.4 Å². The molecule has 2 rings (SSSR count). The van der Waals surface area contributed by atoms with E-state index in [1.54, 1.807) is 6.07 Å². The van der Waals surface area contributed by atoms with Crippen molar-refractivity contribution in [3.63, 3.8) is 0 Å².